The third kappa shape index (κ3) is 5.45. The zero-order valence-corrected chi connectivity index (χ0v) is 20.7. The van der Waals surface area contributed by atoms with Crippen molar-refractivity contribution in [1.29, 1.82) is 0 Å². The van der Waals surface area contributed by atoms with E-state index in [2.05, 4.69) is 10.1 Å². The van der Waals surface area contributed by atoms with Crippen LogP contribution in [0, 0.1) is 0 Å². The van der Waals surface area contributed by atoms with Gasteiger partial charge in [-0.25, -0.2) is 0 Å². The van der Waals surface area contributed by atoms with Gasteiger partial charge in [0.25, 0.3) is 5.89 Å². The van der Waals surface area contributed by atoms with Crippen molar-refractivity contribution in [2.75, 3.05) is 0 Å². The van der Waals surface area contributed by atoms with Crippen molar-refractivity contribution < 1.29 is 61.9 Å². The normalized spacial score (nSPS) is 11.6. The summed E-state index contributed by atoms with van der Waals surface area (Å²) < 4.78 is 53.0. The van der Waals surface area contributed by atoms with Crippen LogP contribution in [0.4, 0.5) is 13.2 Å². The first-order valence-electron chi connectivity index (χ1n) is 10.1. The van der Waals surface area contributed by atoms with Crippen LogP contribution in [0.15, 0.2) is 53.2 Å². The number of rotatable bonds is 7. The summed E-state index contributed by atoms with van der Waals surface area (Å²) >= 11 is 0. The van der Waals surface area contributed by atoms with Gasteiger partial charge in [-0.3, -0.25) is 0 Å². The number of aromatic nitrogens is 3. The Morgan fingerprint density at radius 3 is 2.65 bits per heavy atom. The Kier molecular flexibility index (Phi) is 7.74. The topological polar surface area (TPSA) is 93.2 Å². The number of carboxylic acids is 1. The number of benzene rings is 2. The van der Waals surface area contributed by atoms with Gasteiger partial charge < -0.3 is 23.7 Å². The van der Waals surface area contributed by atoms with E-state index in [1.807, 2.05) is 6.07 Å². The second-order valence-electron chi connectivity index (χ2n) is 7.67. The van der Waals surface area contributed by atoms with E-state index in [9.17, 15) is 23.1 Å². The average Bonchev–Trinajstić information content (AvgIpc) is 3.38. The summed E-state index contributed by atoms with van der Waals surface area (Å²) in [6.45, 7) is 3.52. The van der Waals surface area contributed by atoms with E-state index in [0.29, 0.717) is 5.56 Å². The van der Waals surface area contributed by atoms with Gasteiger partial charge in [0.2, 0.25) is 5.82 Å². The van der Waals surface area contributed by atoms with Crippen LogP contribution in [0.25, 0.3) is 33.7 Å². The van der Waals surface area contributed by atoms with Crippen molar-refractivity contribution in [3.8, 4) is 28.6 Å². The minimum atomic E-state index is -4.62. The molecule has 172 valence electrons. The van der Waals surface area contributed by atoms with Crippen LogP contribution in [0.2, 0.25) is 0 Å². The van der Waals surface area contributed by atoms with E-state index >= 15 is 0 Å². The second kappa shape index (κ2) is 10.2. The van der Waals surface area contributed by atoms with E-state index in [4.69, 9.17) is 9.26 Å². The molecule has 0 fully saturated rings. The molecule has 34 heavy (non-hydrogen) atoms. The third-order valence-corrected chi connectivity index (χ3v) is 4.93. The van der Waals surface area contributed by atoms with Gasteiger partial charge in [-0.2, -0.15) is 18.2 Å². The number of aryl methyl sites for hydroxylation is 1. The fourth-order valence-electron chi connectivity index (χ4n) is 3.52. The molecule has 0 amide bonds. The fraction of sp³-hybridized carbons (Fsp3) is 0.261. The molecule has 4 rings (SSSR count). The Morgan fingerprint density at radius 1 is 1.21 bits per heavy atom. The monoisotopic (exact) mass is 481 g/mol. The van der Waals surface area contributed by atoms with E-state index in [0.717, 1.165) is 17.0 Å². The van der Waals surface area contributed by atoms with Crippen LogP contribution in [0.3, 0.4) is 0 Å². The zero-order chi connectivity index (χ0) is 23.8. The number of fused-ring (bicyclic) bond motifs is 1. The van der Waals surface area contributed by atoms with Gasteiger partial charge in [-0.15, -0.1) is 0 Å². The summed E-state index contributed by atoms with van der Waals surface area (Å²) in [5.41, 5.74) is 0.539. The Labute approximate surface area is 214 Å². The van der Waals surface area contributed by atoms with Crippen LogP contribution >= 0.6 is 0 Å². The van der Waals surface area contributed by atoms with Gasteiger partial charge in [0.1, 0.15) is 5.75 Å². The van der Waals surface area contributed by atoms with Gasteiger partial charge >= 0.3 is 35.7 Å². The molecule has 0 unspecified atom stereocenters. The second-order valence-corrected chi connectivity index (χ2v) is 7.67. The van der Waals surface area contributed by atoms with Gasteiger partial charge in [0.05, 0.1) is 11.7 Å². The molecule has 0 aliphatic carbocycles. The van der Waals surface area contributed by atoms with Crippen molar-refractivity contribution in [2.24, 2.45) is 0 Å². The van der Waals surface area contributed by atoms with Crippen LogP contribution < -0.4 is 39.4 Å². The number of alkyl halides is 3. The number of hydrogen-bond acceptors (Lipinski definition) is 6. The quantitative estimate of drug-likeness (QED) is 0.370. The first-order valence-corrected chi connectivity index (χ1v) is 10.1. The molecule has 7 nitrogen and oxygen atoms in total. The van der Waals surface area contributed by atoms with Crippen molar-refractivity contribution in [3.63, 3.8) is 0 Å². The summed E-state index contributed by atoms with van der Waals surface area (Å²) in [6.07, 6.45) is -3.45. The SMILES string of the molecule is CC(C)Oc1ccc(-c2nc(-c3cccc4c3ccn4CCC(=O)[O-])no2)cc1C(F)(F)F.[Na+]. The maximum absolute atomic E-state index is 13.6. The van der Waals surface area contributed by atoms with Gasteiger partial charge in [-0.1, -0.05) is 17.3 Å². The first kappa shape index (κ1) is 25.8. The molecule has 0 aliphatic rings. The Hall–Kier alpha value is -2.82. The summed E-state index contributed by atoms with van der Waals surface area (Å²) in [5.74, 6) is -1.30. The standard InChI is InChI=1S/C23H20F3N3O4.Na/c1-13(2)32-19-7-6-14(12-17(19)23(24,25)26)22-27-21(28-33-22)16-4-3-5-18-15(16)8-10-29(18)11-9-20(30)31;/h3-8,10,12-13H,9,11H2,1-2H3,(H,30,31);/q;+1/p-1. The molecule has 0 atom stereocenters. The van der Waals surface area contributed by atoms with Gasteiger partial charge in [0, 0.05) is 47.2 Å². The summed E-state index contributed by atoms with van der Waals surface area (Å²) in [6, 6.07) is 10.7. The van der Waals surface area contributed by atoms with Crippen molar-refractivity contribution in [3.05, 3.63) is 54.2 Å². The maximum atomic E-state index is 13.6. The molecule has 0 aliphatic heterocycles. The number of carbonyl (C=O) groups excluding carboxylic acids is 1. The van der Waals surface area contributed by atoms with E-state index in [-0.39, 0.29) is 65.6 Å². The molecule has 0 bridgehead atoms. The molecule has 0 N–H and O–H groups in total. The predicted molar refractivity (Wildman–Crippen MR) is 111 cm³/mol. The largest absolute Gasteiger partial charge is 1.00 e. The predicted octanol–water partition coefficient (Wildman–Crippen LogP) is 1.31. The van der Waals surface area contributed by atoms with Crippen molar-refractivity contribution in [2.45, 2.75) is 39.1 Å². The molecule has 2 aromatic heterocycles. The van der Waals surface area contributed by atoms with E-state index < -0.39 is 23.8 Å². The van der Waals surface area contributed by atoms with Gasteiger partial charge in [-0.05, 0) is 44.2 Å². The number of aliphatic carboxylic acids is 1. The Balaban J connectivity index is 0.00000324. The number of halogens is 3. The van der Waals surface area contributed by atoms with Crippen LogP contribution in [-0.4, -0.2) is 26.8 Å². The molecule has 2 heterocycles. The Morgan fingerprint density at radius 2 is 1.97 bits per heavy atom. The van der Waals surface area contributed by atoms with Gasteiger partial charge in [0.15, 0.2) is 0 Å². The molecule has 2 aromatic carbocycles. The third-order valence-electron chi connectivity index (χ3n) is 4.93. The van der Waals surface area contributed by atoms with Crippen molar-refractivity contribution in [1.82, 2.24) is 14.7 Å². The fourth-order valence-corrected chi connectivity index (χ4v) is 3.52. The molecule has 0 radical (unpaired) electrons. The molecule has 0 saturated carbocycles. The number of ether oxygens (including phenoxy) is 1. The molecule has 0 saturated heterocycles. The Bertz CT molecular complexity index is 1310. The molecular formula is C23H19F3N3NaO4. The summed E-state index contributed by atoms with van der Waals surface area (Å²) in [5, 5.41) is 15.5. The summed E-state index contributed by atoms with van der Waals surface area (Å²) in [7, 11) is 0. The van der Waals surface area contributed by atoms with Crippen LogP contribution in [0.5, 0.6) is 5.75 Å². The maximum Gasteiger partial charge on any atom is 1.00 e. The number of carboxylic acid groups (broad SMARTS) is 1. The number of nitrogens with zero attached hydrogens (tertiary/aromatic N) is 3. The molecule has 4 aromatic rings. The minimum absolute atomic E-state index is 0. The average molecular weight is 481 g/mol. The van der Waals surface area contributed by atoms with Crippen LogP contribution in [0.1, 0.15) is 25.8 Å². The van der Waals surface area contributed by atoms with Crippen molar-refractivity contribution >= 4 is 16.9 Å². The van der Waals surface area contributed by atoms with E-state index in [1.165, 1.54) is 12.1 Å². The minimum Gasteiger partial charge on any atom is -0.550 e. The molecule has 11 heteroatoms. The number of hydrogen-bond donors (Lipinski definition) is 0. The van der Waals surface area contributed by atoms with Crippen LogP contribution in [-0.2, 0) is 17.5 Å². The first-order chi connectivity index (χ1) is 15.6. The van der Waals surface area contributed by atoms with E-state index in [1.54, 1.807) is 42.8 Å². The number of carbonyl (C=O) groups is 1. The summed E-state index contributed by atoms with van der Waals surface area (Å²) in [4.78, 5) is 15.1. The smallest absolute Gasteiger partial charge is 0.550 e. The molecular weight excluding hydrogens is 462 g/mol. The zero-order valence-electron chi connectivity index (χ0n) is 18.7. The molecule has 0 spiro atoms.